The largest absolute Gasteiger partial charge is 0.506 e. The van der Waals surface area contributed by atoms with Crippen molar-refractivity contribution in [2.75, 3.05) is 7.11 Å². The number of hydrogen-bond acceptors (Lipinski definition) is 6. The molecule has 0 fully saturated rings. The number of ether oxygens (including phenoxy) is 2. The first-order chi connectivity index (χ1) is 15.7. The standard InChI is InChI=1S/C26H22O6S/c1-26(2)12-11-17-19(32-26)13-20(31-3)22(23(17)28)18(27)10-9-16-14-33-24(25(29)30)21(16)15-7-5-4-6-8-15/h4-14,28H,1-3H3,(H,29,30). The Morgan fingerprint density at radius 3 is 2.58 bits per heavy atom. The van der Waals surface area contributed by atoms with E-state index in [0.29, 0.717) is 22.4 Å². The third-order valence-electron chi connectivity index (χ3n) is 5.25. The van der Waals surface area contributed by atoms with Crippen LogP contribution >= 0.6 is 11.3 Å². The van der Waals surface area contributed by atoms with E-state index in [2.05, 4.69) is 0 Å². The highest BCUT2D eigenvalue weighted by Crippen LogP contribution is 2.43. The number of rotatable bonds is 6. The van der Waals surface area contributed by atoms with Crippen molar-refractivity contribution in [2.24, 2.45) is 0 Å². The minimum Gasteiger partial charge on any atom is -0.506 e. The number of hydrogen-bond donors (Lipinski definition) is 2. The van der Waals surface area contributed by atoms with Gasteiger partial charge in [-0.15, -0.1) is 11.3 Å². The second kappa shape index (κ2) is 8.60. The number of aromatic hydroxyl groups is 1. The number of allylic oxidation sites excluding steroid dienone is 1. The zero-order valence-corrected chi connectivity index (χ0v) is 19.1. The van der Waals surface area contributed by atoms with Crippen LogP contribution in [0.3, 0.4) is 0 Å². The van der Waals surface area contributed by atoms with Crippen LogP contribution in [0.4, 0.5) is 0 Å². The fourth-order valence-corrected chi connectivity index (χ4v) is 4.58. The fourth-order valence-electron chi connectivity index (χ4n) is 3.69. The highest BCUT2D eigenvalue weighted by atomic mass is 32.1. The van der Waals surface area contributed by atoms with Gasteiger partial charge in [-0.1, -0.05) is 30.3 Å². The zero-order valence-electron chi connectivity index (χ0n) is 18.3. The van der Waals surface area contributed by atoms with Gasteiger partial charge in [0.25, 0.3) is 0 Å². The molecule has 1 aromatic heterocycles. The molecule has 1 aliphatic rings. The van der Waals surface area contributed by atoms with Gasteiger partial charge in [0.1, 0.15) is 33.3 Å². The molecule has 0 unspecified atom stereocenters. The van der Waals surface area contributed by atoms with Crippen LogP contribution in [0.1, 0.15) is 45.0 Å². The summed E-state index contributed by atoms with van der Waals surface area (Å²) in [4.78, 5) is 25.0. The molecular weight excluding hydrogens is 440 g/mol. The maximum atomic E-state index is 13.1. The highest BCUT2D eigenvalue weighted by Gasteiger charge is 2.28. The van der Waals surface area contributed by atoms with Gasteiger partial charge in [-0.05, 0) is 54.7 Å². The van der Waals surface area contributed by atoms with Crippen molar-refractivity contribution in [3.8, 4) is 28.4 Å². The molecule has 0 aliphatic carbocycles. The van der Waals surface area contributed by atoms with Crippen LogP contribution in [0.5, 0.6) is 17.2 Å². The van der Waals surface area contributed by atoms with Crippen molar-refractivity contribution >= 4 is 35.2 Å². The van der Waals surface area contributed by atoms with Crippen LogP contribution in [0.25, 0.3) is 23.3 Å². The van der Waals surface area contributed by atoms with E-state index in [9.17, 15) is 19.8 Å². The lowest BCUT2D eigenvalue weighted by Crippen LogP contribution is -2.27. The third-order valence-corrected chi connectivity index (χ3v) is 6.23. The Labute approximate surface area is 195 Å². The van der Waals surface area contributed by atoms with Crippen LogP contribution in [0, 0.1) is 0 Å². The number of aromatic carboxylic acids is 1. The molecule has 0 amide bonds. The van der Waals surface area contributed by atoms with Crippen LogP contribution in [-0.4, -0.2) is 34.7 Å². The first kappa shape index (κ1) is 22.4. The number of phenols is 1. The summed E-state index contributed by atoms with van der Waals surface area (Å²) in [6.45, 7) is 3.77. The minimum absolute atomic E-state index is 0.00963. The normalized spacial score (nSPS) is 14.0. The van der Waals surface area contributed by atoms with Gasteiger partial charge in [0, 0.05) is 11.6 Å². The van der Waals surface area contributed by atoms with Gasteiger partial charge in [-0.3, -0.25) is 4.79 Å². The number of carboxylic acids is 1. The van der Waals surface area contributed by atoms with Crippen LogP contribution in [0.2, 0.25) is 0 Å². The fraction of sp³-hybridized carbons (Fsp3) is 0.154. The first-order valence-corrected chi connectivity index (χ1v) is 11.0. The molecule has 1 aliphatic heterocycles. The van der Waals surface area contributed by atoms with Gasteiger partial charge in [0.2, 0.25) is 0 Å². The van der Waals surface area contributed by atoms with E-state index in [1.165, 1.54) is 13.2 Å². The van der Waals surface area contributed by atoms with Crippen LogP contribution in [-0.2, 0) is 0 Å². The van der Waals surface area contributed by atoms with E-state index < -0.39 is 17.4 Å². The Hall–Kier alpha value is -3.84. The summed E-state index contributed by atoms with van der Waals surface area (Å²) in [7, 11) is 1.41. The van der Waals surface area contributed by atoms with E-state index in [1.807, 2.05) is 44.2 Å². The van der Waals surface area contributed by atoms with E-state index in [1.54, 1.807) is 29.7 Å². The van der Waals surface area contributed by atoms with Crippen molar-refractivity contribution in [1.29, 1.82) is 0 Å². The predicted octanol–water partition coefficient (Wildman–Crippen LogP) is 5.91. The summed E-state index contributed by atoms with van der Waals surface area (Å²) in [6, 6.07) is 10.7. The van der Waals surface area contributed by atoms with Crippen molar-refractivity contribution in [3.63, 3.8) is 0 Å². The maximum Gasteiger partial charge on any atom is 0.346 e. The van der Waals surface area contributed by atoms with Crippen molar-refractivity contribution < 1.29 is 29.3 Å². The molecule has 7 heteroatoms. The Morgan fingerprint density at radius 2 is 1.91 bits per heavy atom. The lowest BCUT2D eigenvalue weighted by molar-refractivity contribution is 0.0702. The van der Waals surface area contributed by atoms with Gasteiger partial charge >= 0.3 is 5.97 Å². The Kier molecular flexibility index (Phi) is 5.82. The number of thiophene rings is 1. The topological polar surface area (TPSA) is 93.1 Å². The molecule has 2 aromatic carbocycles. The average molecular weight is 463 g/mol. The predicted molar refractivity (Wildman–Crippen MR) is 128 cm³/mol. The molecule has 0 saturated carbocycles. The molecule has 0 saturated heterocycles. The van der Waals surface area contributed by atoms with Gasteiger partial charge in [0.15, 0.2) is 5.78 Å². The summed E-state index contributed by atoms with van der Waals surface area (Å²) in [5.41, 5.74) is 1.74. The van der Waals surface area contributed by atoms with Crippen molar-refractivity contribution in [1.82, 2.24) is 0 Å². The highest BCUT2D eigenvalue weighted by molar-refractivity contribution is 7.12. The molecule has 0 radical (unpaired) electrons. The van der Waals surface area contributed by atoms with Gasteiger partial charge < -0.3 is 19.7 Å². The number of carbonyl (C=O) groups is 2. The summed E-state index contributed by atoms with van der Waals surface area (Å²) >= 11 is 1.09. The third kappa shape index (κ3) is 4.27. The van der Waals surface area contributed by atoms with E-state index in [-0.39, 0.29) is 21.9 Å². The quantitative estimate of drug-likeness (QED) is 0.350. The molecule has 0 spiro atoms. The lowest BCUT2D eigenvalue weighted by Gasteiger charge is -2.29. The molecule has 2 N–H and O–H groups in total. The molecule has 6 nitrogen and oxygen atoms in total. The van der Waals surface area contributed by atoms with Crippen molar-refractivity contribution in [3.05, 3.63) is 75.5 Å². The maximum absolute atomic E-state index is 13.1. The minimum atomic E-state index is -1.03. The van der Waals surface area contributed by atoms with E-state index >= 15 is 0 Å². The summed E-state index contributed by atoms with van der Waals surface area (Å²) in [5, 5.41) is 22.1. The number of ketones is 1. The zero-order chi connectivity index (χ0) is 23.8. The number of methoxy groups -OCH3 is 1. The van der Waals surface area contributed by atoms with Gasteiger partial charge in [0.05, 0.1) is 12.7 Å². The molecule has 0 atom stereocenters. The summed E-state index contributed by atoms with van der Waals surface area (Å²) < 4.78 is 11.3. The van der Waals surface area contributed by atoms with Crippen LogP contribution < -0.4 is 9.47 Å². The molecule has 168 valence electrons. The monoisotopic (exact) mass is 462 g/mol. The SMILES string of the molecule is COc1cc2c(c(O)c1C(=O)C=Cc1csc(C(=O)O)c1-c1ccccc1)C=CC(C)(C)O2. The van der Waals surface area contributed by atoms with Crippen LogP contribution in [0.15, 0.2) is 53.9 Å². The Bertz CT molecular complexity index is 1300. The molecule has 0 bridgehead atoms. The summed E-state index contributed by atoms with van der Waals surface area (Å²) in [5.74, 6) is -1.13. The average Bonchev–Trinajstić information content (AvgIpc) is 3.21. The Morgan fingerprint density at radius 1 is 1.18 bits per heavy atom. The smallest absolute Gasteiger partial charge is 0.346 e. The number of fused-ring (bicyclic) bond motifs is 1. The second-order valence-electron chi connectivity index (χ2n) is 8.02. The van der Waals surface area contributed by atoms with Gasteiger partial charge in [-0.25, -0.2) is 4.79 Å². The van der Waals surface area contributed by atoms with E-state index in [0.717, 1.165) is 16.9 Å². The number of benzene rings is 2. The molecule has 2 heterocycles. The number of phenolic OH excluding ortho intramolecular Hbond substituents is 1. The molecule has 3 aromatic rings. The van der Waals surface area contributed by atoms with Crippen molar-refractivity contribution in [2.45, 2.75) is 19.4 Å². The lowest BCUT2D eigenvalue weighted by atomic mass is 9.96. The first-order valence-electron chi connectivity index (χ1n) is 10.2. The number of carbonyl (C=O) groups excluding carboxylic acids is 1. The van der Waals surface area contributed by atoms with E-state index in [4.69, 9.17) is 9.47 Å². The molecule has 4 rings (SSSR count). The molecular formula is C26H22O6S. The molecule has 33 heavy (non-hydrogen) atoms. The number of carboxylic acid groups (broad SMARTS) is 1. The second-order valence-corrected chi connectivity index (χ2v) is 8.90. The van der Waals surface area contributed by atoms with Gasteiger partial charge in [-0.2, -0.15) is 0 Å². The Balaban J connectivity index is 1.75. The summed E-state index contributed by atoms with van der Waals surface area (Å²) in [6.07, 6.45) is 6.39.